The van der Waals surface area contributed by atoms with Crippen molar-refractivity contribution >= 4 is 34.8 Å². The van der Waals surface area contributed by atoms with E-state index in [0.717, 1.165) is 37.0 Å². The second-order valence-corrected chi connectivity index (χ2v) is 9.44. The molecule has 3 rings (SSSR count). The van der Waals surface area contributed by atoms with Crippen molar-refractivity contribution in [2.24, 2.45) is 0 Å². The summed E-state index contributed by atoms with van der Waals surface area (Å²) in [7, 11) is 0. The van der Waals surface area contributed by atoms with E-state index in [9.17, 15) is 22.8 Å². The second-order valence-electron chi connectivity index (χ2n) is 7.72. The van der Waals surface area contributed by atoms with Crippen LogP contribution in [0.2, 0.25) is 5.02 Å². The van der Waals surface area contributed by atoms with Crippen molar-refractivity contribution in [3.63, 3.8) is 0 Å². The van der Waals surface area contributed by atoms with Crippen LogP contribution in [0.4, 0.5) is 13.2 Å². The number of benzene rings is 1. The topological polar surface area (TPSA) is 49.4 Å². The molecule has 4 nitrogen and oxygen atoms in total. The van der Waals surface area contributed by atoms with E-state index >= 15 is 0 Å². The number of thiophene rings is 1. The van der Waals surface area contributed by atoms with Crippen LogP contribution in [0.25, 0.3) is 0 Å². The predicted molar refractivity (Wildman–Crippen MR) is 115 cm³/mol. The molecule has 2 aromatic rings. The van der Waals surface area contributed by atoms with Crippen molar-refractivity contribution in [2.45, 2.75) is 63.8 Å². The van der Waals surface area contributed by atoms with Crippen LogP contribution in [-0.2, 0) is 16.1 Å². The molecule has 1 heterocycles. The van der Waals surface area contributed by atoms with Crippen LogP contribution in [0, 0.1) is 6.92 Å². The molecule has 9 heteroatoms. The van der Waals surface area contributed by atoms with E-state index in [0.29, 0.717) is 15.3 Å². The molecule has 0 aliphatic heterocycles. The number of rotatable bonds is 6. The molecule has 0 saturated heterocycles. The first-order chi connectivity index (χ1) is 14.7. The lowest BCUT2D eigenvalue weighted by Gasteiger charge is -2.33. The Morgan fingerprint density at radius 3 is 2.42 bits per heavy atom. The van der Waals surface area contributed by atoms with Gasteiger partial charge in [-0.15, -0.1) is 11.3 Å². The Hall–Kier alpha value is -2.06. The van der Waals surface area contributed by atoms with Gasteiger partial charge < -0.3 is 10.2 Å². The normalized spacial score (nSPS) is 16.0. The van der Waals surface area contributed by atoms with E-state index in [1.54, 1.807) is 43.3 Å². The van der Waals surface area contributed by atoms with Gasteiger partial charge in [0.2, 0.25) is 5.91 Å². The Labute approximate surface area is 188 Å². The molecule has 2 amide bonds. The van der Waals surface area contributed by atoms with Gasteiger partial charge in [0, 0.05) is 27.4 Å². The number of nitrogens with one attached hydrogen (secondary N) is 1. The Bertz CT molecular complexity index is 925. The Morgan fingerprint density at radius 1 is 1.16 bits per heavy atom. The number of carbonyl (C=O) groups excluding carboxylic acids is 2. The fourth-order valence-corrected chi connectivity index (χ4v) is 4.99. The number of aryl methyl sites for hydroxylation is 1. The summed E-state index contributed by atoms with van der Waals surface area (Å²) in [6.07, 6.45) is -0.585. The predicted octanol–water partition coefficient (Wildman–Crippen LogP) is 5.79. The third-order valence-corrected chi connectivity index (χ3v) is 6.77. The fourth-order valence-electron chi connectivity index (χ4n) is 3.81. The van der Waals surface area contributed by atoms with E-state index in [4.69, 9.17) is 11.6 Å². The van der Waals surface area contributed by atoms with Gasteiger partial charge in [0.25, 0.3) is 0 Å². The summed E-state index contributed by atoms with van der Waals surface area (Å²) in [5.41, 5.74) is 0.338. The summed E-state index contributed by atoms with van der Waals surface area (Å²) in [5.74, 6) is -2.67. The summed E-state index contributed by atoms with van der Waals surface area (Å²) in [6.45, 7) is 1.37. The summed E-state index contributed by atoms with van der Waals surface area (Å²) in [4.78, 5) is 27.6. The van der Waals surface area contributed by atoms with E-state index in [2.05, 4.69) is 5.32 Å². The highest BCUT2D eigenvalue weighted by atomic mass is 35.5. The average Bonchev–Trinajstić information content (AvgIpc) is 3.14. The number of halogens is 4. The van der Waals surface area contributed by atoms with Crippen LogP contribution in [0.15, 0.2) is 36.4 Å². The van der Waals surface area contributed by atoms with E-state index in [-0.39, 0.29) is 11.1 Å². The molecule has 168 valence electrons. The molecule has 1 N–H and O–H groups in total. The highest BCUT2D eigenvalue weighted by Gasteiger charge is 2.47. The lowest BCUT2D eigenvalue weighted by Crippen LogP contribution is -2.49. The second kappa shape index (κ2) is 10.0. The van der Waals surface area contributed by atoms with Crippen LogP contribution in [-0.4, -0.2) is 28.9 Å². The molecule has 1 aliphatic carbocycles. The maximum Gasteiger partial charge on any atom is 0.471 e. The number of carbonyl (C=O) groups is 2. The monoisotopic (exact) mass is 472 g/mol. The Balaban J connectivity index is 2.00. The minimum absolute atomic E-state index is 0.104. The van der Waals surface area contributed by atoms with Gasteiger partial charge in [-0.2, -0.15) is 13.2 Å². The lowest BCUT2D eigenvalue weighted by molar-refractivity contribution is -0.189. The smallest absolute Gasteiger partial charge is 0.351 e. The maximum absolute atomic E-state index is 13.6. The molecule has 31 heavy (non-hydrogen) atoms. The average molecular weight is 473 g/mol. The molecule has 0 unspecified atom stereocenters. The molecule has 0 spiro atoms. The zero-order valence-electron chi connectivity index (χ0n) is 17.0. The van der Waals surface area contributed by atoms with Gasteiger partial charge in [0.1, 0.15) is 6.04 Å². The lowest BCUT2D eigenvalue weighted by atomic mass is 9.95. The molecular formula is C22H24ClF3N2O2S. The van der Waals surface area contributed by atoms with Crippen LogP contribution in [0.5, 0.6) is 0 Å². The third-order valence-electron chi connectivity index (χ3n) is 5.34. The van der Waals surface area contributed by atoms with Crippen molar-refractivity contribution in [3.05, 3.63) is 56.7 Å². The first-order valence-corrected chi connectivity index (χ1v) is 11.3. The quantitative estimate of drug-likeness (QED) is 0.578. The van der Waals surface area contributed by atoms with Crippen LogP contribution < -0.4 is 5.32 Å². The molecule has 1 saturated carbocycles. The largest absolute Gasteiger partial charge is 0.471 e. The molecule has 0 radical (unpaired) electrons. The van der Waals surface area contributed by atoms with E-state index in [1.165, 1.54) is 11.3 Å². The molecule has 1 aromatic heterocycles. The van der Waals surface area contributed by atoms with Crippen molar-refractivity contribution in [1.29, 1.82) is 0 Å². The van der Waals surface area contributed by atoms with E-state index < -0.39 is 30.6 Å². The molecule has 0 bridgehead atoms. The Kier molecular flexibility index (Phi) is 7.64. The van der Waals surface area contributed by atoms with E-state index in [1.807, 2.05) is 0 Å². The molecule has 1 aromatic carbocycles. The number of hydrogen-bond donors (Lipinski definition) is 1. The van der Waals surface area contributed by atoms with Crippen molar-refractivity contribution in [3.8, 4) is 0 Å². The highest BCUT2D eigenvalue weighted by molar-refractivity contribution is 7.12. The zero-order valence-corrected chi connectivity index (χ0v) is 18.6. The maximum atomic E-state index is 13.6. The third kappa shape index (κ3) is 6.01. The van der Waals surface area contributed by atoms with Crippen molar-refractivity contribution < 1.29 is 22.8 Å². The first kappa shape index (κ1) is 23.6. The van der Waals surface area contributed by atoms with Gasteiger partial charge in [-0.3, -0.25) is 9.59 Å². The summed E-state index contributed by atoms with van der Waals surface area (Å²) in [6, 6.07) is 8.20. The summed E-state index contributed by atoms with van der Waals surface area (Å²) in [5, 5.41) is 3.12. The molecule has 1 aliphatic rings. The van der Waals surface area contributed by atoms with Gasteiger partial charge in [-0.25, -0.2) is 0 Å². The fraction of sp³-hybridized carbons (Fsp3) is 0.455. The van der Waals surface area contributed by atoms with Gasteiger partial charge >= 0.3 is 12.1 Å². The van der Waals surface area contributed by atoms with Crippen LogP contribution in [0.3, 0.4) is 0 Å². The van der Waals surface area contributed by atoms with Crippen LogP contribution >= 0.6 is 22.9 Å². The number of nitrogens with zero attached hydrogens (tertiary/aromatic N) is 1. The number of amides is 2. The molecule has 1 fully saturated rings. The summed E-state index contributed by atoms with van der Waals surface area (Å²) < 4.78 is 40.7. The van der Waals surface area contributed by atoms with Crippen LogP contribution in [0.1, 0.15) is 53.5 Å². The van der Waals surface area contributed by atoms with Gasteiger partial charge in [-0.05, 0) is 43.5 Å². The zero-order chi connectivity index (χ0) is 22.6. The molecule has 1 atom stereocenters. The minimum atomic E-state index is -5.13. The molecular weight excluding hydrogens is 449 g/mol. The van der Waals surface area contributed by atoms with Crippen molar-refractivity contribution in [1.82, 2.24) is 10.2 Å². The standard InChI is InChI=1S/C22H24ClF3N2O2S/c1-14-11-12-18(31-14)19(20(29)27-16-8-3-2-4-9-16)28(21(30)22(24,25)26)13-15-7-5-6-10-17(15)23/h5-7,10-12,16,19H,2-4,8-9,13H2,1H3,(H,27,29)/t19-/m1/s1. The number of alkyl halides is 3. The number of hydrogen-bond acceptors (Lipinski definition) is 3. The minimum Gasteiger partial charge on any atom is -0.351 e. The summed E-state index contributed by atoms with van der Waals surface area (Å²) >= 11 is 7.36. The SMILES string of the molecule is Cc1ccc([C@H](C(=O)NC2CCCCC2)N(Cc2ccccc2Cl)C(=O)C(F)(F)F)s1. The van der Waals surface area contributed by atoms with Gasteiger partial charge in [-0.1, -0.05) is 49.1 Å². The Morgan fingerprint density at radius 2 is 1.84 bits per heavy atom. The van der Waals surface area contributed by atoms with Gasteiger partial charge in [0.15, 0.2) is 0 Å². The highest BCUT2D eigenvalue weighted by Crippen LogP contribution is 2.34. The van der Waals surface area contributed by atoms with Crippen molar-refractivity contribution in [2.75, 3.05) is 0 Å². The van der Waals surface area contributed by atoms with Gasteiger partial charge in [0.05, 0.1) is 0 Å². The first-order valence-electron chi connectivity index (χ1n) is 10.1.